The molecule has 4 heteroatoms. The van der Waals surface area contributed by atoms with Gasteiger partial charge in [-0.2, -0.15) is 0 Å². The summed E-state index contributed by atoms with van der Waals surface area (Å²) in [6.07, 6.45) is 2.36. The van der Waals surface area contributed by atoms with Crippen molar-refractivity contribution in [3.8, 4) is 0 Å². The Kier molecular flexibility index (Phi) is 5.31. The van der Waals surface area contributed by atoms with Crippen molar-refractivity contribution in [3.05, 3.63) is 35.1 Å². The van der Waals surface area contributed by atoms with Crippen molar-refractivity contribution in [1.29, 1.82) is 0 Å². The highest BCUT2D eigenvalue weighted by Crippen LogP contribution is 2.20. The van der Waals surface area contributed by atoms with Crippen LogP contribution in [-0.4, -0.2) is 31.7 Å². The Bertz CT molecular complexity index is 403. The van der Waals surface area contributed by atoms with Crippen molar-refractivity contribution < 1.29 is 9.13 Å². The van der Waals surface area contributed by atoms with E-state index in [0.29, 0.717) is 11.5 Å². The molecule has 0 aliphatic carbocycles. The lowest BCUT2D eigenvalue weighted by atomic mass is 9.97. The maximum Gasteiger partial charge on any atom is 0.127 e. The van der Waals surface area contributed by atoms with E-state index >= 15 is 0 Å². The van der Waals surface area contributed by atoms with E-state index in [1.807, 2.05) is 12.1 Å². The fraction of sp³-hybridized carbons (Fsp3) is 0.600. The van der Waals surface area contributed by atoms with Crippen molar-refractivity contribution in [2.24, 2.45) is 11.7 Å². The number of rotatable bonds is 5. The van der Waals surface area contributed by atoms with E-state index in [0.717, 1.165) is 31.8 Å². The van der Waals surface area contributed by atoms with Crippen LogP contribution in [0.1, 0.15) is 24.0 Å². The molecule has 0 unspecified atom stereocenters. The van der Waals surface area contributed by atoms with E-state index in [1.54, 1.807) is 7.11 Å². The molecule has 1 heterocycles. The predicted molar refractivity (Wildman–Crippen MR) is 74.2 cm³/mol. The molecule has 19 heavy (non-hydrogen) atoms. The second-order valence-electron chi connectivity index (χ2n) is 5.30. The normalized spacial score (nSPS) is 17.8. The van der Waals surface area contributed by atoms with E-state index in [9.17, 15) is 4.39 Å². The standard InChI is InChI=1S/C15H23FN2O/c1-19-11-12-4-6-18(7-5-12)10-13-2-3-15(16)14(8-13)9-17/h2-3,8,12H,4-7,9-11,17H2,1H3. The molecule has 2 N–H and O–H groups in total. The molecule has 1 aromatic carbocycles. The van der Waals surface area contributed by atoms with Crippen LogP contribution in [0.4, 0.5) is 4.39 Å². The molecule has 0 amide bonds. The third-order valence-electron chi connectivity index (χ3n) is 3.85. The molecule has 0 atom stereocenters. The van der Waals surface area contributed by atoms with Crippen LogP contribution in [0.3, 0.4) is 0 Å². The minimum Gasteiger partial charge on any atom is -0.384 e. The van der Waals surface area contributed by atoms with Gasteiger partial charge in [-0.3, -0.25) is 4.90 Å². The molecule has 1 saturated heterocycles. The second kappa shape index (κ2) is 6.98. The zero-order valence-corrected chi connectivity index (χ0v) is 11.6. The molecule has 1 aromatic rings. The van der Waals surface area contributed by atoms with Crippen molar-refractivity contribution in [2.45, 2.75) is 25.9 Å². The number of nitrogens with zero attached hydrogens (tertiary/aromatic N) is 1. The van der Waals surface area contributed by atoms with Crippen molar-refractivity contribution in [1.82, 2.24) is 4.90 Å². The van der Waals surface area contributed by atoms with Gasteiger partial charge in [0.1, 0.15) is 5.82 Å². The fourth-order valence-corrected chi connectivity index (χ4v) is 2.69. The number of methoxy groups -OCH3 is 1. The van der Waals surface area contributed by atoms with E-state index in [2.05, 4.69) is 4.90 Å². The van der Waals surface area contributed by atoms with Gasteiger partial charge in [0, 0.05) is 32.4 Å². The fourth-order valence-electron chi connectivity index (χ4n) is 2.69. The highest BCUT2D eigenvalue weighted by molar-refractivity contribution is 5.25. The summed E-state index contributed by atoms with van der Waals surface area (Å²) in [5.41, 5.74) is 7.29. The molecular weight excluding hydrogens is 243 g/mol. The van der Waals surface area contributed by atoms with Gasteiger partial charge in [0.15, 0.2) is 0 Å². The molecule has 106 valence electrons. The topological polar surface area (TPSA) is 38.5 Å². The molecule has 1 aliphatic rings. The van der Waals surface area contributed by atoms with Gasteiger partial charge in [0.05, 0.1) is 0 Å². The Balaban J connectivity index is 1.88. The lowest BCUT2D eigenvalue weighted by Gasteiger charge is -2.31. The highest BCUT2D eigenvalue weighted by atomic mass is 19.1. The van der Waals surface area contributed by atoms with Gasteiger partial charge in [0.25, 0.3) is 0 Å². The molecule has 1 aliphatic heterocycles. The summed E-state index contributed by atoms with van der Waals surface area (Å²) in [5, 5.41) is 0. The minimum absolute atomic E-state index is 0.204. The van der Waals surface area contributed by atoms with Crippen LogP contribution >= 0.6 is 0 Å². The third-order valence-corrected chi connectivity index (χ3v) is 3.85. The van der Waals surface area contributed by atoms with Crippen LogP contribution in [0.2, 0.25) is 0 Å². The van der Waals surface area contributed by atoms with Gasteiger partial charge in [-0.25, -0.2) is 4.39 Å². The Morgan fingerprint density at radius 2 is 2.11 bits per heavy atom. The SMILES string of the molecule is COCC1CCN(Cc2ccc(F)c(CN)c2)CC1. The van der Waals surface area contributed by atoms with E-state index in [-0.39, 0.29) is 12.4 Å². The van der Waals surface area contributed by atoms with Gasteiger partial charge < -0.3 is 10.5 Å². The van der Waals surface area contributed by atoms with Crippen LogP contribution in [-0.2, 0) is 17.8 Å². The first-order chi connectivity index (χ1) is 9.22. The van der Waals surface area contributed by atoms with Crippen molar-refractivity contribution in [3.63, 3.8) is 0 Å². The number of ether oxygens (including phenoxy) is 1. The number of likely N-dealkylation sites (tertiary alicyclic amines) is 1. The smallest absolute Gasteiger partial charge is 0.127 e. The second-order valence-corrected chi connectivity index (χ2v) is 5.30. The summed E-state index contributed by atoms with van der Waals surface area (Å²) >= 11 is 0. The summed E-state index contributed by atoms with van der Waals surface area (Å²) in [6, 6.07) is 5.27. The average Bonchev–Trinajstić information content (AvgIpc) is 2.43. The molecule has 0 aromatic heterocycles. The van der Waals surface area contributed by atoms with Crippen LogP contribution in [0.5, 0.6) is 0 Å². The Labute approximate surface area is 114 Å². The lowest BCUT2D eigenvalue weighted by molar-refractivity contribution is 0.0968. The summed E-state index contributed by atoms with van der Waals surface area (Å²) in [7, 11) is 1.76. The summed E-state index contributed by atoms with van der Waals surface area (Å²) in [4.78, 5) is 2.42. The number of halogens is 1. The number of piperidine rings is 1. The van der Waals surface area contributed by atoms with Crippen molar-refractivity contribution >= 4 is 0 Å². The number of benzene rings is 1. The molecule has 0 saturated carbocycles. The van der Waals surface area contributed by atoms with Gasteiger partial charge in [-0.05, 0) is 43.5 Å². The van der Waals surface area contributed by atoms with Gasteiger partial charge in [-0.1, -0.05) is 12.1 Å². The molecule has 3 nitrogen and oxygen atoms in total. The Morgan fingerprint density at radius 3 is 2.74 bits per heavy atom. The quantitative estimate of drug-likeness (QED) is 0.887. The number of hydrogen-bond acceptors (Lipinski definition) is 3. The molecule has 0 spiro atoms. The molecule has 1 fully saturated rings. The van der Waals surface area contributed by atoms with Gasteiger partial charge in [0.2, 0.25) is 0 Å². The van der Waals surface area contributed by atoms with Gasteiger partial charge in [-0.15, -0.1) is 0 Å². The maximum atomic E-state index is 13.4. The lowest BCUT2D eigenvalue weighted by Crippen LogP contribution is -2.34. The largest absolute Gasteiger partial charge is 0.384 e. The van der Waals surface area contributed by atoms with Crippen LogP contribution in [0, 0.1) is 11.7 Å². The van der Waals surface area contributed by atoms with Crippen LogP contribution < -0.4 is 5.73 Å². The first-order valence-electron chi connectivity index (χ1n) is 6.91. The summed E-state index contributed by atoms with van der Waals surface area (Å²) < 4.78 is 18.6. The van der Waals surface area contributed by atoms with Crippen LogP contribution in [0.25, 0.3) is 0 Å². The summed E-state index contributed by atoms with van der Waals surface area (Å²) in [5.74, 6) is 0.485. The third kappa shape index (κ3) is 4.00. The Morgan fingerprint density at radius 1 is 1.37 bits per heavy atom. The predicted octanol–water partition coefficient (Wildman–Crippen LogP) is 2.14. The number of hydrogen-bond donors (Lipinski definition) is 1. The maximum absolute atomic E-state index is 13.4. The first-order valence-corrected chi connectivity index (χ1v) is 6.91. The monoisotopic (exact) mass is 266 g/mol. The highest BCUT2D eigenvalue weighted by Gasteiger charge is 2.19. The van der Waals surface area contributed by atoms with E-state index < -0.39 is 0 Å². The van der Waals surface area contributed by atoms with Gasteiger partial charge >= 0.3 is 0 Å². The average molecular weight is 266 g/mol. The van der Waals surface area contributed by atoms with Crippen LogP contribution in [0.15, 0.2) is 18.2 Å². The zero-order valence-electron chi connectivity index (χ0n) is 11.6. The van der Waals surface area contributed by atoms with E-state index in [1.165, 1.54) is 18.9 Å². The molecule has 0 bridgehead atoms. The zero-order chi connectivity index (χ0) is 13.7. The minimum atomic E-state index is -0.204. The van der Waals surface area contributed by atoms with Crippen molar-refractivity contribution in [2.75, 3.05) is 26.8 Å². The first kappa shape index (κ1) is 14.4. The number of nitrogens with two attached hydrogens (primary N) is 1. The molecular formula is C15H23FN2O. The Hall–Kier alpha value is -0.970. The van der Waals surface area contributed by atoms with E-state index in [4.69, 9.17) is 10.5 Å². The molecule has 2 rings (SSSR count). The summed E-state index contributed by atoms with van der Waals surface area (Å²) in [6.45, 7) is 4.18. The molecule has 0 radical (unpaired) electrons.